The molecule has 110 valence electrons. The van der Waals surface area contributed by atoms with Gasteiger partial charge in [-0.05, 0) is 52.1 Å². The number of hydrogen-bond donors (Lipinski definition) is 0. The van der Waals surface area contributed by atoms with Gasteiger partial charge in [0.05, 0.1) is 0 Å². The van der Waals surface area contributed by atoms with E-state index in [1.165, 1.54) is 38.5 Å². The molecule has 1 atom stereocenters. The molecule has 0 aromatic rings. The molecule has 0 radical (unpaired) electrons. The summed E-state index contributed by atoms with van der Waals surface area (Å²) in [7, 11) is 4.41. The fraction of sp³-hybridized carbons (Fsp3) is 1.00. The van der Waals surface area contributed by atoms with Gasteiger partial charge in [-0.15, -0.1) is 0 Å². The van der Waals surface area contributed by atoms with E-state index in [1.807, 2.05) is 0 Å². The maximum atomic E-state index is 2.48. The molecule has 1 heteroatoms. The molecule has 1 nitrogen and oxygen atoms in total. The molecule has 0 saturated carbocycles. The minimum atomic E-state index is 0.293. The fourth-order valence-electron chi connectivity index (χ4n) is 3.14. The summed E-state index contributed by atoms with van der Waals surface area (Å²) in [5.74, 6) is 0.877. The van der Waals surface area contributed by atoms with Crippen LogP contribution in [-0.4, -0.2) is 24.5 Å². The molecule has 0 saturated heterocycles. The Hall–Kier alpha value is -0.0400. The maximum Gasteiger partial charge on any atom is 0.0152 e. The van der Waals surface area contributed by atoms with Gasteiger partial charge in [0.2, 0.25) is 0 Å². The molecule has 18 heavy (non-hydrogen) atoms. The van der Waals surface area contributed by atoms with Gasteiger partial charge < -0.3 is 4.90 Å². The highest BCUT2D eigenvalue weighted by molar-refractivity contribution is 4.88. The van der Waals surface area contributed by atoms with E-state index < -0.39 is 0 Å². The Morgan fingerprint density at radius 1 is 0.889 bits per heavy atom. The molecule has 0 aliphatic carbocycles. The summed E-state index contributed by atoms with van der Waals surface area (Å²) in [5, 5.41) is 0. The number of rotatable bonds is 9. The van der Waals surface area contributed by atoms with Crippen molar-refractivity contribution < 1.29 is 0 Å². The zero-order chi connectivity index (χ0) is 14.4. The minimum Gasteiger partial charge on any atom is -0.304 e. The molecule has 0 heterocycles. The third-order valence-corrected chi connectivity index (χ3v) is 4.75. The van der Waals surface area contributed by atoms with Crippen LogP contribution in [0.25, 0.3) is 0 Å². The highest BCUT2D eigenvalue weighted by Crippen LogP contribution is 2.41. The van der Waals surface area contributed by atoms with E-state index in [2.05, 4.69) is 60.5 Å². The van der Waals surface area contributed by atoms with Gasteiger partial charge in [0.15, 0.2) is 0 Å². The summed E-state index contributed by atoms with van der Waals surface area (Å²) in [6, 6.07) is 0. The number of hydrogen-bond acceptors (Lipinski definition) is 1. The van der Waals surface area contributed by atoms with Crippen LogP contribution in [0.5, 0.6) is 0 Å². The second-order valence-electron chi connectivity index (χ2n) is 7.50. The van der Waals surface area contributed by atoms with Crippen molar-refractivity contribution in [3.05, 3.63) is 0 Å². The highest BCUT2D eigenvalue weighted by atomic mass is 15.1. The average Bonchev–Trinajstić information content (AvgIpc) is 2.22. The second-order valence-corrected chi connectivity index (χ2v) is 7.50. The van der Waals surface area contributed by atoms with Crippen LogP contribution in [0, 0.1) is 11.3 Å². The van der Waals surface area contributed by atoms with Gasteiger partial charge in [0, 0.05) is 5.54 Å². The van der Waals surface area contributed by atoms with Crippen molar-refractivity contribution in [2.75, 3.05) is 14.1 Å². The van der Waals surface area contributed by atoms with Crippen molar-refractivity contribution in [3.8, 4) is 0 Å². The Morgan fingerprint density at radius 2 is 1.44 bits per heavy atom. The van der Waals surface area contributed by atoms with Crippen LogP contribution in [-0.2, 0) is 0 Å². The van der Waals surface area contributed by atoms with Gasteiger partial charge in [-0.1, -0.05) is 53.4 Å². The third-order valence-electron chi connectivity index (χ3n) is 4.75. The van der Waals surface area contributed by atoms with Crippen LogP contribution in [0.2, 0.25) is 0 Å². The molecule has 0 bridgehead atoms. The van der Waals surface area contributed by atoms with E-state index in [4.69, 9.17) is 0 Å². The van der Waals surface area contributed by atoms with Crippen molar-refractivity contribution in [2.24, 2.45) is 11.3 Å². The summed E-state index contributed by atoms with van der Waals surface area (Å²) in [5.41, 5.74) is 0.737. The molecule has 0 aliphatic heterocycles. The fourth-order valence-corrected chi connectivity index (χ4v) is 3.14. The van der Waals surface area contributed by atoms with Crippen molar-refractivity contribution >= 4 is 0 Å². The maximum absolute atomic E-state index is 2.48. The monoisotopic (exact) mass is 255 g/mol. The largest absolute Gasteiger partial charge is 0.304 e. The van der Waals surface area contributed by atoms with Gasteiger partial charge in [-0.3, -0.25) is 0 Å². The van der Waals surface area contributed by atoms with Crippen molar-refractivity contribution in [2.45, 2.75) is 85.6 Å². The van der Waals surface area contributed by atoms with Gasteiger partial charge in [-0.2, -0.15) is 0 Å². The smallest absolute Gasteiger partial charge is 0.0152 e. The molecular formula is C17H37N. The molecule has 0 fully saturated rings. The summed E-state index contributed by atoms with van der Waals surface area (Å²) in [4.78, 5) is 2.37. The average molecular weight is 255 g/mol. The molecular weight excluding hydrogens is 218 g/mol. The van der Waals surface area contributed by atoms with E-state index in [1.54, 1.807) is 0 Å². The van der Waals surface area contributed by atoms with Gasteiger partial charge in [0.25, 0.3) is 0 Å². The molecule has 0 rings (SSSR count). The van der Waals surface area contributed by atoms with E-state index in [0.29, 0.717) is 11.0 Å². The lowest BCUT2D eigenvalue weighted by atomic mass is 9.67. The quantitative estimate of drug-likeness (QED) is 0.537. The molecule has 1 unspecified atom stereocenters. The predicted molar refractivity (Wildman–Crippen MR) is 84.1 cm³/mol. The summed E-state index contributed by atoms with van der Waals surface area (Å²) in [6.07, 6.45) is 8.10. The van der Waals surface area contributed by atoms with Crippen LogP contribution in [0.4, 0.5) is 0 Å². The Morgan fingerprint density at radius 3 is 1.83 bits per heavy atom. The first-order chi connectivity index (χ1) is 8.17. The molecule has 0 spiro atoms. The molecule has 0 amide bonds. The Kier molecular flexibility index (Phi) is 7.51. The lowest BCUT2D eigenvalue weighted by molar-refractivity contribution is 0.0717. The van der Waals surface area contributed by atoms with E-state index >= 15 is 0 Å². The minimum absolute atomic E-state index is 0.293. The molecule has 0 N–H and O–H groups in total. The van der Waals surface area contributed by atoms with Crippen LogP contribution in [0.1, 0.15) is 80.1 Å². The topological polar surface area (TPSA) is 3.24 Å². The van der Waals surface area contributed by atoms with E-state index in [9.17, 15) is 0 Å². The van der Waals surface area contributed by atoms with Crippen molar-refractivity contribution in [3.63, 3.8) is 0 Å². The first-order valence-electron chi connectivity index (χ1n) is 7.84. The number of unbranched alkanes of at least 4 members (excludes halogenated alkanes) is 1. The Balaban J connectivity index is 4.71. The van der Waals surface area contributed by atoms with Gasteiger partial charge in [0.1, 0.15) is 0 Å². The lowest BCUT2D eigenvalue weighted by Crippen LogP contribution is -2.43. The number of nitrogens with zero attached hydrogens (tertiary/aromatic N) is 1. The zero-order valence-corrected chi connectivity index (χ0v) is 14.3. The standard InChI is InChI=1S/C17H37N/c1-9-11-13-15(12-10-2)16(3,4)14-17(5,6)18(7)8/h15H,9-14H2,1-8H3. The molecule has 0 aromatic heterocycles. The SMILES string of the molecule is CCCCC(CCC)C(C)(C)CC(C)(C)N(C)C. The normalized spacial score (nSPS) is 15.2. The van der Waals surface area contributed by atoms with Crippen LogP contribution in [0.3, 0.4) is 0 Å². The van der Waals surface area contributed by atoms with Crippen LogP contribution < -0.4 is 0 Å². The summed E-state index contributed by atoms with van der Waals surface area (Å²) in [6.45, 7) is 14.3. The van der Waals surface area contributed by atoms with E-state index in [-0.39, 0.29) is 0 Å². The van der Waals surface area contributed by atoms with E-state index in [0.717, 1.165) is 5.92 Å². The zero-order valence-electron chi connectivity index (χ0n) is 14.3. The summed E-state index contributed by atoms with van der Waals surface area (Å²) < 4.78 is 0. The van der Waals surface area contributed by atoms with Crippen molar-refractivity contribution in [1.29, 1.82) is 0 Å². The lowest BCUT2D eigenvalue weighted by Gasteiger charge is -2.44. The van der Waals surface area contributed by atoms with Gasteiger partial charge in [-0.25, -0.2) is 0 Å². The summed E-state index contributed by atoms with van der Waals surface area (Å²) >= 11 is 0. The first kappa shape index (κ1) is 18.0. The second kappa shape index (κ2) is 7.53. The molecule has 0 aromatic carbocycles. The molecule has 0 aliphatic rings. The van der Waals surface area contributed by atoms with Crippen LogP contribution in [0.15, 0.2) is 0 Å². The Labute approximate surface area is 116 Å². The van der Waals surface area contributed by atoms with Crippen molar-refractivity contribution in [1.82, 2.24) is 4.90 Å². The Bertz CT molecular complexity index is 216. The predicted octanol–water partition coefficient (Wildman–Crippen LogP) is 5.35. The van der Waals surface area contributed by atoms with Crippen LogP contribution >= 0.6 is 0 Å². The van der Waals surface area contributed by atoms with Gasteiger partial charge >= 0.3 is 0 Å². The third kappa shape index (κ3) is 5.73. The first-order valence-corrected chi connectivity index (χ1v) is 7.84. The highest BCUT2D eigenvalue weighted by Gasteiger charge is 2.35.